The van der Waals surface area contributed by atoms with Gasteiger partial charge in [-0.2, -0.15) is 0 Å². The van der Waals surface area contributed by atoms with Crippen molar-refractivity contribution in [2.45, 2.75) is 75.9 Å². The quantitative estimate of drug-likeness (QED) is 0.793. The third kappa shape index (κ3) is 2.26. The molecule has 4 atom stereocenters. The van der Waals surface area contributed by atoms with Crippen LogP contribution in [0.3, 0.4) is 0 Å². The Kier molecular flexibility index (Phi) is 3.72. The van der Waals surface area contributed by atoms with Crippen LogP contribution >= 0.6 is 0 Å². The minimum absolute atomic E-state index is 0.774. The highest BCUT2D eigenvalue weighted by atomic mass is 15.2. The number of fused-ring (bicyclic) bond motifs is 1. The SMILES string of the molecule is CNC1CCCC1N1CCC[C@H]2CCCC[C@H]21. The highest BCUT2D eigenvalue weighted by Crippen LogP contribution is 2.39. The molecule has 1 heterocycles. The molecule has 2 nitrogen and oxygen atoms in total. The van der Waals surface area contributed by atoms with Crippen LogP contribution in [-0.2, 0) is 0 Å². The summed E-state index contributed by atoms with van der Waals surface area (Å²) in [4.78, 5) is 2.92. The molecule has 0 bridgehead atoms. The molecule has 0 spiro atoms. The summed E-state index contributed by atoms with van der Waals surface area (Å²) < 4.78 is 0. The molecule has 2 unspecified atom stereocenters. The van der Waals surface area contributed by atoms with E-state index in [-0.39, 0.29) is 0 Å². The summed E-state index contributed by atoms with van der Waals surface area (Å²) in [6.45, 7) is 1.38. The van der Waals surface area contributed by atoms with E-state index in [0.717, 1.165) is 24.0 Å². The Balaban J connectivity index is 1.72. The first-order valence-corrected chi connectivity index (χ1v) is 7.83. The Hall–Kier alpha value is -0.0800. The van der Waals surface area contributed by atoms with Crippen molar-refractivity contribution in [3.63, 3.8) is 0 Å². The van der Waals surface area contributed by atoms with Gasteiger partial charge in [-0.05, 0) is 58.0 Å². The summed E-state index contributed by atoms with van der Waals surface area (Å²) in [6, 6.07) is 2.57. The molecule has 3 rings (SSSR count). The second-order valence-electron chi connectivity index (χ2n) is 6.39. The summed E-state index contributed by atoms with van der Waals surface area (Å²) in [5.74, 6) is 1.04. The zero-order chi connectivity index (χ0) is 11.7. The third-order valence-corrected chi connectivity index (χ3v) is 5.56. The molecule has 1 aliphatic heterocycles. The van der Waals surface area contributed by atoms with Crippen molar-refractivity contribution >= 4 is 0 Å². The molecule has 0 aromatic heterocycles. The van der Waals surface area contributed by atoms with E-state index in [9.17, 15) is 0 Å². The van der Waals surface area contributed by atoms with Crippen molar-refractivity contribution in [1.29, 1.82) is 0 Å². The molecule has 3 aliphatic rings. The summed E-state index contributed by atoms with van der Waals surface area (Å²) in [7, 11) is 2.16. The number of nitrogens with zero attached hydrogens (tertiary/aromatic N) is 1. The van der Waals surface area contributed by atoms with Crippen molar-refractivity contribution in [3.8, 4) is 0 Å². The van der Waals surface area contributed by atoms with Crippen molar-refractivity contribution in [3.05, 3.63) is 0 Å². The summed E-state index contributed by atoms with van der Waals surface area (Å²) >= 11 is 0. The van der Waals surface area contributed by atoms with Crippen LogP contribution in [-0.4, -0.2) is 36.6 Å². The molecule has 0 amide bonds. The lowest BCUT2D eigenvalue weighted by Gasteiger charge is -2.48. The van der Waals surface area contributed by atoms with Gasteiger partial charge in [0.25, 0.3) is 0 Å². The Morgan fingerprint density at radius 1 is 0.824 bits per heavy atom. The maximum atomic E-state index is 3.57. The smallest absolute Gasteiger partial charge is 0.0252 e. The van der Waals surface area contributed by atoms with Gasteiger partial charge in [0, 0.05) is 18.1 Å². The molecule has 2 aliphatic carbocycles. The first kappa shape index (κ1) is 12.0. The topological polar surface area (TPSA) is 15.3 Å². The molecular weight excluding hydrogens is 208 g/mol. The predicted molar refractivity (Wildman–Crippen MR) is 72.2 cm³/mol. The van der Waals surface area contributed by atoms with Crippen LogP contribution in [0.2, 0.25) is 0 Å². The lowest BCUT2D eigenvalue weighted by atomic mass is 9.77. The molecule has 2 heteroatoms. The average Bonchev–Trinajstić information content (AvgIpc) is 2.86. The summed E-state index contributed by atoms with van der Waals surface area (Å²) in [5, 5.41) is 3.57. The molecule has 98 valence electrons. The maximum Gasteiger partial charge on any atom is 0.0252 e. The number of piperidine rings is 1. The Morgan fingerprint density at radius 3 is 2.47 bits per heavy atom. The fourth-order valence-corrected chi connectivity index (χ4v) is 4.75. The third-order valence-electron chi connectivity index (χ3n) is 5.56. The first-order chi connectivity index (χ1) is 8.40. The fraction of sp³-hybridized carbons (Fsp3) is 1.00. The van der Waals surface area contributed by atoms with Gasteiger partial charge >= 0.3 is 0 Å². The van der Waals surface area contributed by atoms with Crippen molar-refractivity contribution in [2.75, 3.05) is 13.6 Å². The molecule has 1 N–H and O–H groups in total. The highest BCUT2D eigenvalue weighted by molar-refractivity contribution is 4.96. The molecule has 3 fully saturated rings. The first-order valence-electron chi connectivity index (χ1n) is 7.83. The highest BCUT2D eigenvalue weighted by Gasteiger charge is 2.40. The minimum Gasteiger partial charge on any atom is -0.315 e. The summed E-state index contributed by atoms with van der Waals surface area (Å²) in [6.07, 6.45) is 13.2. The normalized spacial score (nSPS) is 43.6. The maximum absolute atomic E-state index is 3.57. The van der Waals surface area contributed by atoms with Crippen LogP contribution in [0.4, 0.5) is 0 Å². The summed E-state index contributed by atoms with van der Waals surface area (Å²) in [5.41, 5.74) is 0. The van der Waals surface area contributed by atoms with Gasteiger partial charge in [0.2, 0.25) is 0 Å². The van der Waals surface area contributed by atoms with Gasteiger partial charge in [-0.25, -0.2) is 0 Å². The Bertz CT molecular complexity index is 249. The Morgan fingerprint density at radius 2 is 1.59 bits per heavy atom. The zero-order valence-electron chi connectivity index (χ0n) is 11.3. The fourth-order valence-electron chi connectivity index (χ4n) is 4.75. The lowest BCUT2D eigenvalue weighted by Crippen LogP contribution is -2.55. The standard InChI is InChI=1S/C15H28N2/c1-16-13-8-4-10-15(13)17-11-5-7-12-6-2-3-9-14(12)17/h12-16H,2-11H2,1H3/t12-,13?,14-,15?/m1/s1. The van der Waals surface area contributed by atoms with E-state index in [4.69, 9.17) is 0 Å². The van der Waals surface area contributed by atoms with Gasteiger partial charge < -0.3 is 5.32 Å². The molecule has 0 radical (unpaired) electrons. The van der Waals surface area contributed by atoms with Crippen LogP contribution in [0, 0.1) is 5.92 Å². The van der Waals surface area contributed by atoms with Crippen LogP contribution in [0.15, 0.2) is 0 Å². The number of hydrogen-bond donors (Lipinski definition) is 1. The molecular formula is C15H28N2. The monoisotopic (exact) mass is 236 g/mol. The van der Waals surface area contributed by atoms with Crippen molar-refractivity contribution in [2.24, 2.45) is 5.92 Å². The van der Waals surface area contributed by atoms with Crippen LogP contribution in [0.1, 0.15) is 57.8 Å². The molecule has 1 saturated heterocycles. The molecule has 0 aromatic rings. The van der Waals surface area contributed by atoms with E-state index in [1.54, 1.807) is 0 Å². The van der Waals surface area contributed by atoms with Crippen molar-refractivity contribution < 1.29 is 0 Å². The second kappa shape index (κ2) is 5.27. The van der Waals surface area contributed by atoms with Gasteiger partial charge in [-0.15, -0.1) is 0 Å². The van der Waals surface area contributed by atoms with Crippen LogP contribution in [0.25, 0.3) is 0 Å². The van der Waals surface area contributed by atoms with Gasteiger partial charge in [-0.1, -0.05) is 19.3 Å². The average molecular weight is 236 g/mol. The van der Waals surface area contributed by atoms with Crippen LogP contribution in [0.5, 0.6) is 0 Å². The lowest BCUT2D eigenvalue weighted by molar-refractivity contribution is 0.0198. The number of likely N-dealkylation sites (N-methyl/N-ethyl adjacent to an activating group) is 1. The molecule has 17 heavy (non-hydrogen) atoms. The van der Waals surface area contributed by atoms with E-state index in [0.29, 0.717) is 0 Å². The van der Waals surface area contributed by atoms with E-state index >= 15 is 0 Å². The number of likely N-dealkylation sites (tertiary alicyclic amines) is 1. The van der Waals surface area contributed by atoms with Gasteiger partial charge in [0.05, 0.1) is 0 Å². The van der Waals surface area contributed by atoms with Crippen molar-refractivity contribution in [1.82, 2.24) is 10.2 Å². The second-order valence-corrected chi connectivity index (χ2v) is 6.39. The van der Waals surface area contributed by atoms with Gasteiger partial charge in [0.1, 0.15) is 0 Å². The van der Waals surface area contributed by atoms with E-state index in [1.807, 2.05) is 0 Å². The van der Waals surface area contributed by atoms with Gasteiger partial charge in [0.15, 0.2) is 0 Å². The van der Waals surface area contributed by atoms with E-state index in [1.165, 1.54) is 64.3 Å². The molecule has 0 aromatic carbocycles. The number of nitrogens with one attached hydrogen (secondary N) is 1. The van der Waals surface area contributed by atoms with E-state index in [2.05, 4.69) is 17.3 Å². The Labute approximate surface area is 106 Å². The zero-order valence-corrected chi connectivity index (χ0v) is 11.3. The minimum atomic E-state index is 0.774. The van der Waals surface area contributed by atoms with E-state index < -0.39 is 0 Å². The molecule has 2 saturated carbocycles. The number of hydrogen-bond acceptors (Lipinski definition) is 2. The number of rotatable bonds is 2. The largest absolute Gasteiger partial charge is 0.315 e. The predicted octanol–water partition coefficient (Wildman–Crippen LogP) is 2.78. The van der Waals surface area contributed by atoms with Crippen LogP contribution < -0.4 is 5.32 Å². The van der Waals surface area contributed by atoms with Gasteiger partial charge in [-0.3, -0.25) is 4.90 Å².